The Morgan fingerprint density at radius 3 is 2.78 bits per heavy atom. The normalized spacial score (nSPS) is 19.0. The summed E-state index contributed by atoms with van der Waals surface area (Å²) in [5, 5.41) is 8.66. The number of rotatable bonds is 7. The van der Waals surface area contributed by atoms with Crippen LogP contribution >= 0.6 is 0 Å². The maximum absolute atomic E-state index is 11.8. The summed E-state index contributed by atoms with van der Waals surface area (Å²) >= 11 is 0. The lowest BCUT2D eigenvalue weighted by molar-refractivity contribution is -0.134. The lowest BCUT2D eigenvalue weighted by Gasteiger charge is -2.25. The van der Waals surface area contributed by atoms with Crippen LogP contribution in [0.2, 0.25) is 0 Å². The Labute approximate surface area is 137 Å². The van der Waals surface area contributed by atoms with E-state index in [0.29, 0.717) is 6.54 Å². The average Bonchev–Trinajstić information content (AvgIpc) is 2.92. The Balaban J connectivity index is 2.06. The van der Waals surface area contributed by atoms with E-state index in [4.69, 9.17) is 5.11 Å². The van der Waals surface area contributed by atoms with Gasteiger partial charge in [-0.15, -0.1) is 0 Å². The van der Waals surface area contributed by atoms with E-state index in [9.17, 15) is 13.2 Å². The SMILES string of the molecule is CN(C)c1cccc(C2CCCN2CCS(=O)(=O)CC(=O)O)c1. The maximum Gasteiger partial charge on any atom is 0.318 e. The van der Waals surface area contributed by atoms with Crippen LogP contribution in [-0.2, 0) is 14.6 Å². The monoisotopic (exact) mass is 340 g/mol. The molecule has 1 aliphatic rings. The summed E-state index contributed by atoms with van der Waals surface area (Å²) in [7, 11) is 0.435. The summed E-state index contributed by atoms with van der Waals surface area (Å²) in [6.07, 6.45) is 2.02. The van der Waals surface area contributed by atoms with Crippen molar-refractivity contribution >= 4 is 21.5 Å². The molecule has 1 aromatic rings. The van der Waals surface area contributed by atoms with Gasteiger partial charge in [-0.05, 0) is 37.1 Å². The minimum absolute atomic E-state index is 0.108. The molecule has 1 atom stereocenters. The number of benzene rings is 1. The predicted octanol–water partition coefficient (Wildman–Crippen LogP) is 1.39. The number of anilines is 1. The molecule has 1 saturated heterocycles. The van der Waals surface area contributed by atoms with Gasteiger partial charge in [-0.3, -0.25) is 9.69 Å². The molecule has 0 amide bonds. The number of aliphatic carboxylic acids is 1. The smallest absolute Gasteiger partial charge is 0.318 e. The van der Waals surface area contributed by atoms with Crippen molar-refractivity contribution < 1.29 is 18.3 Å². The summed E-state index contributed by atoms with van der Waals surface area (Å²) in [5.74, 6) is -2.19. The molecule has 7 heteroatoms. The van der Waals surface area contributed by atoms with Crippen molar-refractivity contribution in [3.05, 3.63) is 29.8 Å². The third kappa shape index (κ3) is 4.94. The van der Waals surface area contributed by atoms with Crippen LogP contribution in [0, 0.1) is 0 Å². The minimum Gasteiger partial charge on any atom is -0.480 e. The highest BCUT2D eigenvalue weighted by molar-refractivity contribution is 7.92. The zero-order valence-corrected chi connectivity index (χ0v) is 14.4. The van der Waals surface area contributed by atoms with Gasteiger partial charge in [-0.1, -0.05) is 12.1 Å². The number of hydrogen-bond donors (Lipinski definition) is 1. The topological polar surface area (TPSA) is 77.9 Å². The Morgan fingerprint density at radius 1 is 1.39 bits per heavy atom. The van der Waals surface area contributed by atoms with Crippen molar-refractivity contribution in [3.8, 4) is 0 Å². The van der Waals surface area contributed by atoms with Crippen LogP contribution in [-0.4, -0.2) is 63.1 Å². The largest absolute Gasteiger partial charge is 0.480 e. The van der Waals surface area contributed by atoms with E-state index in [1.807, 2.05) is 31.1 Å². The summed E-state index contributed by atoms with van der Waals surface area (Å²) < 4.78 is 23.5. The highest BCUT2D eigenvalue weighted by Crippen LogP contribution is 2.33. The second kappa shape index (κ2) is 7.31. The van der Waals surface area contributed by atoms with Gasteiger partial charge < -0.3 is 10.0 Å². The molecule has 2 rings (SSSR count). The molecule has 1 heterocycles. The first-order chi connectivity index (χ1) is 10.8. The first kappa shape index (κ1) is 17.7. The highest BCUT2D eigenvalue weighted by atomic mass is 32.2. The van der Waals surface area contributed by atoms with Crippen molar-refractivity contribution in [2.24, 2.45) is 0 Å². The lowest BCUT2D eigenvalue weighted by Crippen LogP contribution is -2.31. The molecule has 6 nitrogen and oxygen atoms in total. The van der Waals surface area contributed by atoms with Crippen molar-refractivity contribution in [1.82, 2.24) is 4.90 Å². The molecule has 128 valence electrons. The number of carbonyl (C=O) groups is 1. The highest BCUT2D eigenvalue weighted by Gasteiger charge is 2.27. The molecule has 1 N–H and O–H groups in total. The molecule has 1 aromatic carbocycles. The van der Waals surface area contributed by atoms with Crippen LogP contribution in [0.3, 0.4) is 0 Å². The fraction of sp³-hybridized carbons (Fsp3) is 0.562. The van der Waals surface area contributed by atoms with Crippen molar-refractivity contribution in [2.75, 3.05) is 43.6 Å². The van der Waals surface area contributed by atoms with Gasteiger partial charge in [0.05, 0.1) is 5.75 Å². The zero-order valence-electron chi connectivity index (χ0n) is 13.6. The standard InChI is InChI=1S/C16H24N2O4S/c1-17(2)14-6-3-5-13(11-14)15-7-4-8-18(15)9-10-23(21,22)12-16(19)20/h3,5-6,11,15H,4,7-10,12H2,1-2H3,(H,19,20). The van der Waals surface area contributed by atoms with Gasteiger partial charge >= 0.3 is 5.97 Å². The second-order valence-electron chi connectivity index (χ2n) is 6.17. The summed E-state index contributed by atoms with van der Waals surface area (Å²) in [6.45, 7) is 1.23. The second-order valence-corrected chi connectivity index (χ2v) is 8.35. The summed E-state index contributed by atoms with van der Waals surface area (Å²) in [4.78, 5) is 14.8. The summed E-state index contributed by atoms with van der Waals surface area (Å²) in [5.41, 5.74) is 2.30. The molecule has 1 aliphatic heterocycles. The third-order valence-corrected chi connectivity index (χ3v) is 5.66. The van der Waals surface area contributed by atoms with Crippen LogP contribution in [0.15, 0.2) is 24.3 Å². The van der Waals surface area contributed by atoms with Gasteiger partial charge in [0.1, 0.15) is 5.75 Å². The molecule has 0 spiro atoms. The van der Waals surface area contributed by atoms with Gasteiger partial charge in [0.2, 0.25) is 0 Å². The number of carboxylic acid groups (broad SMARTS) is 1. The molecule has 0 bridgehead atoms. The molecule has 1 unspecified atom stereocenters. The molecule has 23 heavy (non-hydrogen) atoms. The number of hydrogen-bond acceptors (Lipinski definition) is 5. The Morgan fingerprint density at radius 2 is 2.13 bits per heavy atom. The average molecular weight is 340 g/mol. The van der Waals surface area contributed by atoms with Gasteiger partial charge in [0.15, 0.2) is 9.84 Å². The quantitative estimate of drug-likeness (QED) is 0.808. The van der Waals surface area contributed by atoms with Crippen LogP contribution < -0.4 is 4.90 Å². The molecule has 0 aromatic heterocycles. The van der Waals surface area contributed by atoms with Gasteiger partial charge in [-0.2, -0.15) is 0 Å². The van der Waals surface area contributed by atoms with E-state index in [1.54, 1.807) is 0 Å². The van der Waals surface area contributed by atoms with E-state index >= 15 is 0 Å². The molecule has 0 saturated carbocycles. The molecular weight excluding hydrogens is 316 g/mol. The Hall–Kier alpha value is -1.60. The number of likely N-dealkylation sites (tertiary alicyclic amines) is 1. The molecule has 1 fully saturated rings. The fourth-order valence-electron chi connectivity index (χ4n) is 3.00. The predicted molar refractivity (Wildman–Crippen MR) is 90.6 cm³/mol. The van der Waals surface area contributed by atoms with Crippen LogP contribution in [0.25, 0.3) is 0 Å². The number of nitrogens with zero attached hydrogens (tertiary/aromatic N) is 2. The van der Waals surface area contributed by atoms with Crippen molar-refractivity contribution in [3.63, 3.8) is 0 Å². The van der Waals surface area contributed by atoms with Crippen molar-refractivity contribution in [1.29, 1.82) is 0 Å². The third-order valence-electron chi connectivity index (χ3n) is 4.17. The zero-order chi connectivity index (χ0) is 17.0. The molecule has 0 radical (unpaired) electrons. The number of carboxylic acids is 1. The van der Waals surface area contributed by atoms with E-state index in [-0.39, 0.29) is 11.8 Å². The maximum atomic E-state index is 11.8. The van der Waals surface area contributed by atoms with Crippen molar-refractivity contribution in [2.45, 2.75) is 18.9 Å². The Kier molecular flexibility index (Phi) is 5.64. The van der Waals surface area contributed by atoms with Gasteiger partial charge in [0, 0.05) is 32.4 Å². The molecule has 0 aliphatic carbocycles. The van der Waals surface area contributed by atoms with Crippen LogP contribution in [0.4, 0.5) is 5.69 Å². The van der Waals surface area contributed by atoms with E-state index in [2.05, 4.69) is 17.0 Å². The van der Waals surface area contributed by atoms with E-state index in [0.717, 1.165) is 25.1 Å². The minimum atomic E-state index is -3.54. The molecular formula is C16H24N2O4S. The number of sulfone groups is 1. The Bertz CT molecular complexity index is 658. The van der Waals surface area contributed by atoms with Crippen LogP contribution in [0.1, 0.15) is 24.4 Å². The fourth-order valence-corrected chi connectivity index (χ4v) is 4.03. The van der Waals surface area contributed by atoms with Gasteiger partial charge in [0.25, 0.3) is 0 Å². The first-order valence-electron chi connectivity index (χ1n) is 7.72. The summed E-state index contributed by atoms with van der Waals surface area (Å²) in [6, 6.07) is 8.47. The van der Waals surface area contributed by atoms with Gasteiger partial charge in [-0.25, -0.2) is 8.42 Å². The lowest BCUT2D eigenvalue weighted by atomic mass is 10.0. The first-order valence-corrected chi connectivity index (χ1v) is 9.54. The van der Waals surface area contributed by atoms with Crippen LogP contribution in [0.5, 0.6) is 0 Å². The van der Waals surface area contributed by atoms with E-state index in [1.165, 1.54) is 5.56 Å². The van der Waals surface area contributed by atoms with E-state index < -0.39 is 21.6 Å².